The lowest BCUT2D eigenvalue weighted by Crippen LogP contribution is -2.45. The third-order valence-electron chi connectivity index (χ3n) is 0.955. The van der Waals surface area contributed by atoms with Crippen LogP contribution in [0.2, 0.25) is 0 Å². The summed E-state index contributed by atoms with van der Waals surface area (Å²) in [6.07, 6.45) is 0.362. The molecule has 0 aromatic heterocycles. The maximum Gasteiger partial charge on any atom is 0.109 e. The summed E-state index contributed by atoms with van der Waals surface area (Å²) in [5, 5.41) is 0. The smallest absolute Gasteiger partial charge is 0.109 e. The molecule has 1 atom stereocenters. The van der Waals surface area contributed by atoms with Crippen LogP contribution < -0.4 is 10.9 Å². The van der Waals surface area contributed by atoms with E-state index in [1.165, 1.54) is 0 Å². The van der Waals surface area contributed by atoms with Crippen molar-refractivity contribution in [3.63, 3.8) is 0 Å². The fraction of sp³-hybridized carbons (Fsp3) is 1.00. The van der Waals surface area contributed by atoms with Gasteiger partial charge in [0, 0.05) is 6.54 Å². The van der Waals surface area contributed by atoms with Crippen molar-refractivity contribution >= 4 is 0 Å². The third kappa shape index (κ3) is 1.43. The molecular formula is C4H10N2O. The van der Waals surface area contributed by atoms with E-state index in [0.29, 0.717) is 12.8 Å². The van der Waals surface area contributed by atoms with Crippen LogP contribution in [-0.4, -0.2) is 19.4 Å². The molecule has 1 fully saturated rings. The van der Waals surface area contributed by atoms with Crippen LogP contribution in [0.5, 0.6) is 0 Å². The molecule has 1 aliphatic rings. The van der Waals surface area contributed by atoms with E-state index >= 15 is 0 Å². The summed E-state index contributed by atoms with van der Waals surface area (Å²) in [4.78, 5) is 0. The Labute approximate surface area is 43.0 Å². The van der Waals surface area contributed by atoms with E-state index in [9.17, 15) is 0 Å². The normalized spacial score (nSPS) is 33.0. The van der Waals surface area contributed by atoms with Crippen molar-refractivity contribution in [1.29, 1.82) is 0 Å². The van der Waals surface area contributed by atoms with Gasteiger partial charge in [-0.2, -0.15) is 0 Å². The van der Waals surface area contributed by atoms with Gasteiger partial charge in [-0.3, -0.25) is 5.43 Å². The Hall–Kier alpha value is -0.120. The first-order chi connectivity index (χ1) is 3.39. The lowest BCUT2D eigenvalue weighted by atomic mass is 10.4. The molecule has 0 bridgehead atoms. The monoisotopic (exact) mass is 102 g/mol. The molecule has 1 saturated heterocycles. The molecule has 2 N–H and O–H groups in total. The largest absolute Gasteiger partial charge is 0.361 e. The van der Waals surface area contributed by atoms with Gasteiger partial charge in [-0.15, -0.1) is 0 Å². The van der Waals surface area contributed by atoms with Crippen molar-refractivity contribution in [2.75, 3.05) is 13.3 Å². The molecule has 0 amide bonds. The van der Waals surface area contributed by atoms with Crippen LogP contribution >= 0.6 is 0 Å². The van der Waals surface area contributed by atoms with Gasteiger partial charge in [-0.25, -0.2) is 5.43 Å². The first-order valence-corrected chi connectivity index (χ1v) is 2.47. The van der Waals surface area contributed by atoms with Crippen LogP contribution in [0, 0.1) is 0 Å². The highest BCUT2D eigenvalue weighted by Gasteiger charge is 2.03. The summed E-state index contributed by atoms with van der Waals surface area (Å²) < 4.78 is 5.10. The van der Waals surface area contributed by atoms with Gasteiger partial charge in [0.1, 0.15) is 6.73 Å². The highest BCUT2D eigenvalue weighted by atomic mass is 16.5. The molecule has 3 heteroatoms. The van der Waals surface area contributed by atoms with Crippen molar-refractivity contribution < 1.29 is 4.74 Å². The second-order valence-corrected chi connectivity index (χ2v) is 1.68. The van der Waals surface area contributed by atoms with Crippen LogP contribution in [0.15, 0.2) is 0 Å². The highest BCUT2D eigenvalue weighted by molar-refractivity contribution is 4.54. The van der Waals surface area contributed by atoms with Crippen LogP contribution in [0.4, 0.5) is 0 Å². The van der Waals surface area contributed by atoms with E-state index in [-0.39, 0.29) is 0 Å². The first kappa shape index (κ1) is 5.03. The molecule has 0 saturated carbocycles. The van der Waals surface area contributed by atoms with Gasteiger partial charge in [0.25, 0.3) is 0 Å². The van der Waals surface area contributed by atoms with Gasteiger partial charge in [-0.05, 0) is 6.92 Å². The molecule has 1 aliphatic heterocycles. The summed E-state index contributed by atoms with van der Waals surface area (Å²) in [6.45, 7) is 3.56. The predicted molar refractivity (Wildman–Crippen MR) is 26.6 cm³/mol. The number of rotatable bonds is 0. The minimum absolute atomic E-state index is 0.362. The van der Waals surface area contributed by atoms with E-state index in [0.717, 1.165) is 6.54 Å². The van der Waals surface area contributed by atoms with E-state index in [2.05, 4.69) is 10.9 Å². The zero-order chi connectivity index (χ0) is 5.11. The topological polar surface area (TPSA) is 33.3 Å². The standard InChI is InChI=1S/C4H10N2O/c1-4-2-5-6-3-7-4/h4-6H,2-3H2,1H3/t4-/m0/s1. The number of hydrogen-bond acceptors (Lipinski definition) is 3. The Morgan fingerprint density at radius 1 is 1.57 bits per heavy atom. The van der Waals surface area contributed by atoms with E-state index in [1.807, 2.05) is 6.92 Å². The summed E-state index contributed by atoms with van der Waals surface area (Å²) in [7, 11) is 0. The minimum Gasteiger partial charge on any atom is -0.361 e. The molecule has 42 valence electrons. The van der Waals surface area contributed by atoms with Gasteiger partial charge < -0.3 is 4.74 Å². The predicted octanol–water partition coefficient (Wildman–Crippen LogP) is -0.543. The number of ether oxygens (including phenoxy) is 1. The van der Waals surface area contributed by atoms with Crippen molar-refractivity contribution in [1.82, 2.24) is 10.9 Å². The fourth-order valence-corrected chi connectivity index (χ4v) is 0.510. The molecule has 0 aromatic rings. The molecule has 1 heterocycles. The van der Waals surface area contributed by atoms with Crippen molar-refractivity contribution in [2.24, 2.45) is 0 Å². The minimum atomic E-state index is 0.362. The average molecular weight is 102 g/mol. The molecule has 0 radical (unpaired) electrons. The SMILES string of the molecule is C[C@H]1CNNCO1. The Morgan fingerprint density at radius 2 is 2.43 bits per heavy atom. The zero-order valence-corrected chi connectivity index (χ0v) is 4.40. The quantitative estimate of drug-likeness (QED) is 0.431. The van der Waals surface area contributed by atoms with Crippen molar-refractivity contribution in [2.45, 2.75) is 13.0 Å². The van der Waals surface area contributed by atoms with Gasteiger partial charge in [0.2, 0.25) is 0 Å². The molecule has 0 aliphatic carbocycles. The van der Waals surface area contributed by atoms with Gasteiger partial charge in [0.05, 0.1) is 6.10 Å². The Balaban J connectivity index is 2.12. The second kappa shape index (κ2) is 2.26. The molecule has 0 spiro atoms. The van der Waals surface area contributed by atoms with Crippen LogP contribution in [-0.2, 0) is 4.74 Å². The highest BCUT2D eigenvalue weighted by Crippen LogP contribution is 1.87. The second-order valence-electron chi connectivity index (χ2n) is 1.68. The fourth-order valence-electron chi connectivity index (χ4n) is 0.510. The number of nitrogens with one attached hydrogen (secondary N) is 2. The number of hydrazine groups is 1. The van der Waals surface area contributed by atoms with Crippen molar-refractivity contribution in [3.05, 3.63) is 0 Å². The summed E-state index contributed by atoms with van der Waals surface area (Å²) in [5.74, 6) is 0. The molecule has 0 unspecified atom stereocenters. The van der Waals surface area contributed by atoms with Crippen molar-refractivity contribution in [3.8, 4) is 0 Å². The van der Waals surface area contributed by atoms with Gasteiger partial charge in [0.15, 0.2) is 0 Å². The molecular weight excluding hydrogens is 92.1 g/mol. The van der Waals surface area contributed by atoms with E-state index < -0.39 is 0 Å². The molecule has 7 heavy (non-hydrogen) atoms. The lowest BCUT2D eigenvalue weighted by Gasteiger charge is -2.20. The lowest BCUT2D eigenvalue weighted by molar-refractivity contribution is 0.00905. The molecule has 1 rings (SSSR count). The Bertz CT molecular complexity index is 51.7. The Morgan fingerprint density at radius 3 is 2.71 bits per heavy atom. The van der Waals surface area contributed by atoms with Crippen LogP contribution in [0.1, 0.15) is 6.92 Å². The van der Waals surface area contributed by atoms with Crippen LogP contribution in [0.3, 0.4) is 0 Å². The average Bonchev–Trinajstić information content (AvgIpc) is 1.69. The van der Waals surface area contributed by atoms with E-state index in [1.54, 1.807) is 0 Å². The molecule has 0 aromatic carbocycles. The van der Waals surface area contributed by atoms with Gasteiger partial charge >= 0.3 is 0 Å². The van der Waals surface area contributed by atoms with E-state index in [4.69, 9.17) is 4.74 Å². The first-order valence-electron chi connectivity index (χ1n) is 2.47. The number of hydrogen-bond donors (Lipinski definition) is 2. The Kier molecular flexibility index (Phi) is 1.62. The zero-order valence-electron chi connectivity index (χ0n) is 4.40. The van der Waals surface area contributed by atoms with Crippen LogP contribution in [0.25, 0.3) is 0 Å². The summed E-state index contributed by atoms with van der Waals surface area (Å²) in [6, 6.07) is 0. The maximum atomic E-state index is 5.10. The van der Waals surface area contributed by atoms with Gasteiger partial charge in [-0.1, -0.05) is 0 Å². The third-order valence-corrected chi connectivity index (χ3v) is 0.955. The molecule has 3 nitrogen and oxygen atoms in total. The summed E-state index contributed by atoms with van der Waals surface area (Å²) >= 11 is 0. The summed E-state index contributed by atoms with van der Waals surface area (Å²) in [5.41, 5.74) is 5.80. The maximum absolute atomic E-state index is 5.10.